The number of alkyl carbamates (subject to hydrolysis) is 1. The largest absolute Gasteiger partial charge is 0.444 e. The summed E-state index contributed by atoms with van der Waals surface area (Å²) in [5.74, 6) is -1.23. The number of nitrogens with one attached hydrogen (secondary N) is 7. The molecule has 81 heavy (non-hydrogen) atoms. The highest BCUT2D eigenvalue weighted by Crippen LogP contribution is 2.14. The Bertz CT molecular complexity index is 1640. The molecule has 0 fully saturated rings. The third-order valence-electron chi connectivity index (χ3n) is 12.9. The van der Waals surface area contributed by atoms with Gasteiger partial charge in [-0.05, 0) is 72.1 Å². The maximum absolute atomic E-state index is 13.1. The average molecular weight is 1150 g/mol. The number of carbonyl (C=O) groups is 7. The van der Waals surface area contributed by atoms with Crippen molar-refractivity contribution in [1.29, 1.82) is 0 Å². The molecule has 0 aliphatic carbocycles. The second-order valence-electron chi connectivity index (χ2n) is 21.7. The van der Waals surface area contributed by atoms with Gasteiger partial charge in [0, 0.05) is 71.4 Å². The van der Waals surface area contributed by atoms with Crippen molar-refractivity contribution in [3.8, 4) is 0 Å². The van der Waals surface area contributed by atoms with Crippen LogP contribution in [0.2, 0.25) is 0 Å². The lowest BCUT2D eigenvalue weighted by molar-refractivity contribution is -0.125. The van der Waals surface area contributed by atoms with Crippen molar-refractivity contribution < 1.29 is 57.2 Å². The number of hydrogen-bond donors (Lipinski definition) is 7. The van der Waals surface area contributed by atoms with Crippen LogP contribution in [-0.2, 0) is 52.5 Å². The van der Waals surface area contributed by atoms with Gasteiger partial charge in [-0.1, -0.05) is 147 Å². The van der Waals surface area contributed by atoms with E-state index >= 15 is 0 Å². The smallest absolute Gasteiger partial charge is 0.408 e. The van der Waals surface area contributed by atoms with E-state index in [4.69, 9.17) is 23.7 Å². The molecular formula is C62H115N7O12. The summed E-state index contributed by atoms with van der Waals surface area (Å²) in [6.45, 7) is 13.2. The van der Waals surface area contributed by atoms with Crippen LogP contribution in [0.15, 0.2) is 24.3 Å². The normalized spacial score (nSPS) is 11.9. The molecule has 1 atom stereocenters. The van der Waals surface area contributed by atoms with E-state index < -0.39 is 23.6 Å². The van der Waals surface area contributed by atoms with Crippen LogP contribution in [0.5, 0.6) is 0 Å². The van der Waals surface area contributed by atoms with Crippen LogP contribution in [0.4, 0.5) is 4.79 Å². The van der Waals surface area contributed by atoms with Crippen molar-refractivity contribution in [2.75, 3.05) is 92.1 Å². The predicted molar refractivity (Wildman–Crippen MR) is 323 cm³/mol. The highest BCUT2D eigenvalue weighted by molar-refractivity contribution is 5.86. The number of unbranched alkanes of at least 4 members (excludes halogenated alkanes) is 20. The van der Waals surface area contributed by atoms with Crippen LogP contribution < -0.4 is 37.2 Å². The summed E-state index contributed by atoms with van der Waals surface area (Å²) in [7, 11) is 0. The van der Waals surface area contributed by atoms with Gasteiger partial charge < -0.3 is 60.9 Å². The van der Waals surface area contributed by atoms with Gasteiger partial charge in [-0.15, -0.1) is 0 Å². The van der Waals surface area contributed by atoms with Crippen LogP contribution in [0.25, 0.3) is 0 Å². The third kappa shape index (κ3) is 58.4. The number of ether oxygens (including phenoxy) is 5. The summed E-state index contributed by atoms with van der Waals surface area (Å²) in [4.78, 5) is 86.9. The lowest BCUT2D eigenvalue weighted by atomic mass is 10.0. The van der Waals surface area contributed by atoms with E-state index in [1.165, 1.54) is 109 Å². The van der Waals surface area contributed by atoms with Crippen LogP contribution in [0.3, 0.4) is 0 Å². The van der Waals surface area contributed by atoms with Gasteiger partial charge in [-0.3, -0.25) is 28.8 Å². The summed E-state index contributed by atoms with van der Waals surface area (Å²) in [6, 6.07) is -1.07. The summed E-state index contributed by atoms with van der Waals surface area (Å²) in [5.41, 5.74) is -0.807. The zero-order chi connectivity index (χ0) is 59.5. The fraction of sp³-hybridized carbons (Fsp3) is 0.823. The van der Waals surface area contributed by atoms with Crippen molar-refractivity contribution in [1.82, 2.24) is 37.2 Å². The maximum Gasteiger partial charge on any atom is 0.408 e. The number of allylic oxidation sites excluding steroid dienone is 4. The van der Waals surface area contributed by atoms with Crippen LogP contribution >= 0.6 is 0 Å². The van der Waals surface area contributed by atoms with Gasteiger partial charge in [0.15, 0.2) is 0 Å². The lowest BCUT2D eigenvalue weighted by Crippen LogP contribution is -2.49. The summed E-state index contributed by atoms with van der Waals surface area (Å²) in [5, 5.41) is 19.2. The maximum atomic E-state index is 13.1. The molecule has 0 spiro atoms. The van der Waals surface area contributed by atoms with Gasteiger partial charge in [0.1, 0.15) is 11.6 Å². The Morgan fingerprint density at radius 1 is 0.370 bits per heavy atom. The minimum atomic E-state index is -1.07. The van der Waals surface area contributed by atoms with E-state index in [-0.39, 0.29) is 94.7 Å². The van der Waals surface area contributed by atoms with E-state index in [1.807, 2.05) is 0 Å². The standard InChI is InChI=1S/C62H115N7O12/c1-6-8-10-12-14-16-18-20-21-23-25-27-29-31-33-35-56(71)64-42-50-80-52-44-67-59(74)39-47-78-53-45-68-60(75)54(69-61(76)81-62(3,4)5)36-37-57(72)65-40-48-77-46-38-58(73)66-43-51-79-49-41-63-55(70)34-32-30-28-26-24-22-19-17-15-13-11-9-7-2/h14,16,20-21,54H,6-13,15,17-19,22-53H2,1-5H3,(H,63,70)(H,64,71)(H,65,72)(H,66,73)(H,67,74)(H,68,75)(H,69,76)/b16-14-,21-20-/t54-/m0/s1. The first-order valence-corrected chi connectivity index (χ1v) is 31.5. The van der Waals surface area contributed by atoms with Crippen molar-refractivity contribution in [3.05, 3.63) is 24.3 Å². The summed E-state index contributed by atoms with van der Waals surface area (Å²) >= 11 is 0. The Hall–Kier alpha value is -4.59. The summed E-state index contributed by atoms with van der Waals surface area (Å²) in [6.07, 6.45) is 38.6. The SMILES string of the molecule is CCCCC/C=C\C/C=C\CCCCCCCC(=O)NCCOCCNC(=O)CCOCCNC(=O)[C@H](CCC(=O)NCCOCCC(=O)NCCOCCNC(=O)CCCCCCCCCCCCCCC)NC(=O)OC(C)(C)C. The minimum absolute atomic E-state index is 0.00774. The Kier molecular flexibility index (Phi) is 54.0. The Labute approximate surface area is 489 Å². The zero-order valence-electron chi connectivity index (χ0n) is 51.4. The first-order chi connectivity index (χ1) is 39.3. The molecule has 0 saturated carbocycles. The van der Waals surface area contributed by atoms with Crippen molar-refractivity contribution >= 4 is 41.5 Å². The fourth-order valence-electron chi connectivity index (χ4n) is 8.26. The molecule has 0 aromatic heterocycles. The van der Waals surface area contributed by atoms with Crippen molar-refractivity contribution in [2.45, 2.75) is 239 Å². The van der Waals surface area contributed by atoms with E-state index in [0.717, 1.165) is 44.9 Å². The first-order valence-electron chi connectivity index (χ1n) is 31.5. The van der Waals surface area contributed by atoms with Gasteiger partial charge >= 0.3 is 6.09 Å². The molecule has 19 nitrogen and oxygen atoms in total. The molecule has 0 heterocycles. The number of hydrogen-bond acceptors (Lipinski definition) is 12. The van der Waals surface area contributed by atoms with Gasteiger partial charge in [-0.25, -0.2) is 4.79 Å². The Balaban J connectivity index is 4.01. The second-order valence-corrected chi connectivity index (χ2v) is 21.7. The molecular weight excluding hydrogens is 1030 g/mol. The molecule has 0 aromatic rings. The molecule has 0 aliphatic rings. The number of rotatable bonds is 57. The Morgan fingerprint density at radius 2 is 0.691 bits per heavy atom. The molecule has 7 N–H and O–H groups in total. The molecule has 0 aromatic carbocycles. The van der Waals surface area contributed by atoms with Gasteiger partial charge in [0.25, 0.3) is 0 Å². The molecule has 0 bridgehead atoms. The molecule has 7 amide bonds. The quantitative estimate of drug-likeness (QED) is 0.0222. The predicted octanol–water partition coefficient (Wildman–Crippen LogP) is 9.50. The highest BCUT2D eigenvalue weighted by Gasteiger charge is 2.25. The number of carbonyl (C=O) groups excluding carboxylic acids is 7. The highest BCUT2D eigenvalue weighted by atomic mass is 16.6. The van der Waals surface area contributed by atoms with Crippen molar-refractivity contribution in [3.63, 3.8) is 0 Å². The van der Waals surface area contributed by atoms with Crippen molar-refractivity contribution in [2.24, 2.45) is 0 Å². The third-order valence-corrected chi connectivity index (χ3v) is 12.9. The van der Waals surface area contributed by atoms with E-state index in [9.17, 15) is 33.6 Å². The van der Waals surface area contributed by atoms with Gasteiger partial charge in [-0.2, -0.15) is 0 Å². The lowest BCUT2D eigenvalue weighted by Gasteiger charge is -2.23. The average Bonchev–Trinajstić information content (AvgIpc) is 3.42. The van der Waals surface area contributed by atoms with E-state index in [2.05, 4.69) is 75.4 Å². The molecule has 19 heteroatoms. The molecule has 0 rings (SSSR count). The van der Waals surface area contributed by atoms with Crippen LogP contribution in [0, 0.1) is 0 Å². The zero-order valence-corrected chi connectivity index (χ0v) is 51.4. The molecule has 0 radical (unpaired) electrons. The van der Waals surface area contributed by atoms with Gasteiger partial charge in [0.2, 0.25) is 35.4 Å². The Morgan fingerprint density at radius 3 is 1.10 bits per heavy atom. The molecule has 0 saturated heterocycles. The molecule has 470 valence electrons. The van der Waals surface area contributed by atoms with E-state index in [1.54, 1.807) is 20.8 Å². The van der Waals surface area contributed by atoms with Crippen LogP contribution in [-0.4, -0.2) is 145 Å². The monoisotopic (exact) mass is 1150 g/mol. The van der Waals surface area contributed by atoms with Crippen LogP contribution in [0.1, 0.15) is 227 Å². The second kappa shape index (κ2) is 57.2. The topological polar surface area (TPSA) is 250 Å². The summed E-state index contributed by atoms with van der Waals surface area (Å²) < 4.78 is 27.4. The molecule has 0 unspecified atom stereocenters. The fourth-order valence-corrected chi connectivity index (χ4v) is 8.26. The number of amides is 7. The first kappa shape index (κ1) is 76.4. The van der Waals surface area contributed by atoms with E-state index in [0.29, 0.717) is 65.4 Å². The minimum Gasteiger partial charge on any atom is -0.444 e. The molecule has 0 aliphatic heterocycles. The van der Waals surface area contributed by atoms with Gasteiger partial charge in [0.05, 0.1) is 52.9 Å².